The molecule has 6 heteroatoms. The topological polar surface area (TPSA) is 58.2 Å². The summed E-state index contributed by atoms with van der Waals surface area (Å²) in [6.07, 6.45) is 3.13. The van der Waals surface area contributed by atoms with Gasteiger partial charge in [-0.3, -0.25) is 9.59 Å². The van der Waals surface area contributed by atoms with Gasteiger partial charge in [-0.1, -0.05) is 37.1 Å². The maximum atomic E-state index is 13.8. The molecular formula is C20H20F2N2O2. The lowest BCUT2D eigenvalue weighted by molar-refractivity contribution is 0.0858. The molecule has 136 valence electrons. The number of carbonyl (C=O) groups excluding carboxylic acids is 2. The summed E-state index contributed by atoms with van der Waals surface area (Å²) in [6, 6.07) is 10.9. The Morgan fingerprint density at radius 2 is 1.12 bits per heavy atom. The molecule has 3 rings (SSSR count). The zero-order valence-electron chi connectivity index (χ0n) is 14.2. The Kier molecular flexibility index (Phi) is 5.61. The Bertz CT molecular complexity index is 742. The van der Waals surface area contributed by atoms with Crippen LogP contribution in [0.4, 0.5) is 8.78 Å². The molecule has 2 amide bonds. The summed E-state index contributed by atoms with van der Waals surface area (Å²) in [5.41, 5.74) is -0.0606. The van der Waals surface area contributed by atoms with Crippen LogP contribution in [0.5, 0.6) is 0 Å². The standard InChI is InChI=1S/C20H20F2N2O2/c21-15-9-3-1-7-13(15)19(25)23-17-11-5-6-12-18(17)24-20(26)14-8-2-4-10-16(14)22/h1-4,7-10,17-18H,5-6,11-12H2,(H,23,25)(H,24,26). The molecule has 1 fully saturated rings. The molecule has 0 radical (unpaired) electrons. The van der Waals surface area contributed by atoms with E-state index < -0.39 is 23.4 Å². The van der Waals surface area contributed by atoms with Crippen LogP contribution in [-0.2, 0) is 0 Å². The van der Waals surface area contributed by atoms with Crippen molar-refractivity contribution in [3.63, 3.8) is 0 Å². The average Bonchev–Trinajstić information content (AvgIpc) is 2.64. The van der Waals surface area contributed by atoms with Gasteiger partial charge >= 0.3 is 0 Å². The molecule has 0 aliphatic heterocycles. The van der Waals surface area contributed by atoms with Gasteiger partial charge in [0.05, 0.1) is 11.1 Å². The molecular weight excluding hydrogens is 338 g/mol. The Morgan fingerprint density at radius 1 is 0.731 bits per heavy atom. The van der Waals surface area contributed by atoms with Crippen LogP contribution in [0.2, 0.25) is 0 Å². The highest BCUT2D eigenvalue weighted by Crippen LogP contribution is 2.20. The van der Waals surface area contributed by atoms with Gasteiger partial charge in [0.2, 0.25) is 0 Å². The molecule has 1 aliphatic rings. The minimum absolute atomic E-state index is 0.0303. The summed E-state index contributed by atoms with van der Waals surface area (Å²) >= 11 is 0. The highest BCUT2D eigenvalue weighted by Gasteiger charge is 2.29. The van der Waals surface area contributed by atoms with Crippen LogP contribution in [0.15, 0.2) is 48.5 Å². The van der Waals surface area contributed by atoms with E-state index in [1.54, 1.807) is 12.1 Å². The SMILES string of the molecule is O=C(NC1CCCCC1NC(=O)c1ccccc1F)c1ccccc1F. The maximum absolute atomic E-state index is 13.8. The first-order valence-electron chi connectivity index (χ1n) is 8.67. The lowest BCUT2D eigenvalue weighted by atomic mass is 9.89. The zero-order chi connectivity index (χ0) is 18.5. The minimum atomic E-state index is -0.590. The Hall–Kier alpha value is -2.76. The lowest BCUT2D eigenvalue weighted by Crippen LogP contribution is -2.53. The molecule has 0 heterocycles. The number of halogens is 2. The first kappa shape index (κ1) is 18.0. The molecule has 2 aromatic carbocycles. The van der Waals surface area contributed by atoms with Gasteiger partial charge in [-0.2, -0.15) is 0 Å². The van der Waals surface area contributed by atoms with Gasteiger partial charge in [0.1, 0.15) is 11.6 Å². The number of amides is 2. The summed E-state index contributed by atoms with van der Waals surface area (Å²) in [4.78, 5) is 24.7. The number of rotatable bonds is 4. The summed E-state index contributed by atoms with van der Waals surface area (Å²) in [6.45, 7) is 0. The number of benzene rings is 2. The van der Waals surface area contributed by atoms with Crippen LogP contribution in [0.3, 0.4) is 0 Å². The van der Waals surface area contributed by atoms with E-state index in [1.165, 1.54) is 36.4 Å². The Labute approximate surface area is 150 Å². The van der Waals surface area contributed by atoms with E-state index in [9.17, 15) is 18.4 Å². The molecule has 2 atom stereocenters. The molecule has 1 saturated carbocycles. The predicted octanol–water partition coefficient (Wildman–Crippen LogP) is 3.44. The maximum Gasteiger partial charge on any atom is 0.254 e. The summed E-state index contributed by atoms with van der Waals surface area (Å²) in [5.74, 6) is -2.21. The smallest absolute Gasteiger partial charge is 0.254 e. The fourth-order valence-corrected chi connectivity index (χ4v) is 3.26. The first-order valence-corrected chi connectivity index (χ1v) is 8.67. The molecule has 4 nitrogen and oxygen atoms in total. The highest BCUT2D eigenvalue weighted by molar-refractivity contribution is 5.96. The van der Waals surface area contributed by atoms with E-state index in [4.69, 9.17) is 0 Å². The van der Waals surface area contributed by atoms with Crippen LogP contribution >= 0.6 is 0 Å². The van der Waals surface area contributed by atoms with Crippen LogP contribution in [0.25, 0.3) is 0 Å². The van der Waals surface area contributed by atoms with Gasteiger partial charge in [0, 0.05) is 12.1 Å². The van der Waals surface area contributed by atoms with Crippen molar-refractivity contribution in [2.45, 2.75) is 37.8 Å². The highest BCUT2D eigenvalue weighted by atomic mass is 19.1. The molecule has 0 bridgehead atoms. The second-order valence-corrected chi connectivity index (χ2v) is 6.40. The number of hydrogen-bond acceptors (Lipinski definition) is 2. The van der Waals surface area contributed by atoms with Crippen molar-refractivity contribution in [2.24, 2.45) is 0 Å². The summed E-state index contributed by atoms with van der Waals surface area (Å²) in [7, 11) is 0. The van der Waals surface area contributed by atoms with Crippen LogP contribution in [-0.4, -0.2) is 23.9 Å². The normalized spacial score (nSPS) is 19.6. The van der Waals surface area contributed by atoms with Crippen molar-refractivity contribution >= 4 is 11.8 Å². The van der Waals surface area contributed by atoms with E-state index in [2.05, 4.69) is 10.6 Å². The third-order valence-corrected chi connectivity index (χ3v) is 4.64. The van der Waals surface area contributed by atoms with Crippen molar-refractivity contribution < 1.29 is 18.4 Å². The third kappa shape index (κ3) is 4.07. The molecule has 26 heavy (non-hydrogen) atoms. The number of hydrogen-bond donors (Lipinski definition) is 2. The van der Waals surface area contributed by atoms with Gasteiger partial charge < -0.3 is 10.6 Å². The van der Waals surface area contributed by atoms with E-state index in [0.717, 1.165) is 12.8 Å². The Morgan fingerprint density at radius 3 is 1.50 bits per heavy atom. The van der Waals surface area contributed by atoms with E-state index in [0.29, 0.717) is 12.8 Å². The monoisotopic (exact) mass is 358 g/mol. The second kappa shape index (κ2) is 8.08. The number of carbonyl (C=O) groups is 2. The summed E-state index contributed by atoms with van der Waals surface area (Å²) < 4.78 is 27.6. The largest absolute Gasteiger partial charge is 0.347 e. The molecule has 2 aromatic rings. The quantitative estimate of drug-likeness (QED) is 0.880. The second-order valence-electron chi connectivity index (χ2n) is 6.40. The molecule has 0 spiro atoms. The van der Waals surface area contributed by atoms with Crippen molar-refractivity contribution in [2.75, 3.05) is 0 Å². The fourth-order valence-electron chi connectivity index (χ4n) is 3.26. The Balaban J connectivity index is 1.70. The fraction of sp³-hybridized carbons (Fsp3) is 0.300. The van der Waals surface area contributed by atoms with Crippen molar-refractivity contribution in [1.82, 2.24) is 10.6 Å². The third-order valence-electron chi connectivity index (χ3n) is 4.64. The van der Waals surface area contributed by atoms with E-state index in [1.807, 2.05) is 0 Å². The average molecular weight is 358 g/mol. The van der Waals surface area contributed by atoms with Gasteiger partial charge in [0.25, 0.3) is 11.8 Å². The molecule has 2 unspecified atom stereocenters. The van der Waals surface area contributed by atoms with Crippen LogP contribution < -0.4 is 10.6 Å². The molecule has 2 N–H and O–H groups in total. The number of nitrogens with one attached hydrogen (secondary N) is 2. The van der Waals surface area contributed by atoms with Gasteiger partial charge in [-0.25, -0.2) is 8.78 Å². The van der Waals surface area contributed by atoms with E-state index in [-0.39, 0.29) is 23.2 Å². The van der Waals surface area contributed by atoms with E-state index >= 15 is 0 Å². The zero-order valence-corrected chi connectivity index (χ0v) is 14.2. The molecule has 0 saturated heterocycles. The predicted molar refractivity (Wildman–Crippen MR) is 93.8 cm³/mol. The van der Waals surface area contributed by atoms with Gasteiger partial charge in [-0.15, -0.1) is 0 Å². The minimum Gasteiger partial charge on any atom is -0.347 e. The lowest BCUT2D eigenvalue weighted by Gasteiger charge is -2.33. The first-order chi connectivity index (χ1) is 12.6. The molecule has 1 aliphatic carbocycles. The van der Waals surface area contributed by atoms with Crippen molar-refractivity contribution in [3.05, 3.63) is 71.3 Å². The van der Waals surface area contributed by atoms with Crippen LogP contribution in [0, 0.1) is 11.6 Å². The van der Waals surface area contributed by atoms with Crippen molar-refractivity contribution in [3.8, 4) is 0 Å². The van der Waals surface area contributed by atoms with Gasteiger partial charge in [0.15, 0.2) is 0 Å². The van der Waals surface area contributed by atoms with Crippen LogP contribution in [0.1, 0.15) is 46.4 Å². The van der Waals surface area contributed by atoms with Gasteiger partial charge in [-0.05, 0) is 37.1 Å². The van der Waals surface area contributed by atoms with Crippen molar-refractivity contribution in [1.29, 1.82) is 0 Å². The summed E-state index contributed by atoms with van der Waals surface area (Å²) in [5, 5.41) is 5.62. The molecule has 0 aromatic heterocycles.